The first-order valence-electron chi connectivity index (χ1n) is 10.2. The van der Waals surface area contributed by atoms with E-state index in [9.17, 15) is 14.9 Å². The van der Waals surface area contributed by atoms with Crippen LogP contribution < -0.4 is 10.2 Å². The van der Waals surface area contributed by atoms with Crippen LogP contribution in [0, 0.1) is 18.3 Å². The Bertz CT molecular complexity index is 1250. The number of amides is 2. The molecule has 1 fully saturated rings. The third kappa shape index (κ3) is 5.14. The van der Waals surface area contributed by atoms with Crippen LogP contribution in [0.25, 0.3) is 0 Å². The number of carbonyl (C=O) groups excluding carboxylic acids is 2. The molecule has 2 aromatic carbocycles. The minimum Gasteiger partial charge on any atom is -0.467 e. The van der Waals surface area contributed by atoms with Gasteiger partial charge in [0.2, 0.25) is 5.91 Å². The van der Waals surface area contributed by atoms with Gasteiger partial charge in [0.1, 0.15) is 22.4 Å². The maximum atomic E-state index is 13.5. The summed E-state index contributed by atoms with van der Waals surface area (Å²) in [6, 6.07) is 20.2. The minimum absolute atomic E-state index is 0.117. The maximum Gasteiger partial charge on any atom is 0.265 e. The molecule has 166 valence electrons. The summed E-state index contributed by atoms with van der Waals surface area (Å²) in [5, 5.41) is 13.0. The Morgan fingerprint density at radius 3 is 2.67 bits per heavy atom. The number of rotatable bonds is 6. The van der Waals surface area contributed by atoms with E-state index in [2.05, 4.69) is 5.32 Å². The van der Waals surface area contributed by atoms with Gasteiger partial charge in [-0.25, -0.2) is 0 Å². The van der Waals surface area contributed by atoms with E-state index in [4.69, 9.17) is 16.0 Å². The first kappa shape index (κ1) is 22.7. The highest BCUT2D eigenvalue weighted by Gasteiger charge is 2.40. The molecule has 1 unspecified atom stereocenters. The van der Waals surface area contributed by atoms with Gasteiger partial charge in [0.15, 0.2) is 0 Å². The van der Waals surface area contributed by atoms with E-state index in [1.54, 1.807) is 18.2 Å². The van der Waals surface area contributed by atoms with Crippen molar-refractivity contribution >= 4 is 40.9 Å². The van der Waals surface area contributed by atoms with Crippen molar-refractivity contribution in [2.24, 2.45) is 0 Å². The number of hydrogen-bond donors (Lipinski definition) is 1. The molecule has 4 rings (SSSR count). The number of nitriles is 1. The number of furan rings is 1. The molecule has 0 aliphatic carbocycles. The average Bonchev–Trinajstić information content (AvgIpc) is 3.42. The molecule has 8 heteroatoms. The largest absolute Gasteiger partial charge is 0.467 e. The van der Waals surface area contributed by atoms with Gasteiger partial charge in [-0.05, 0) is 55.3 Å². The molecule has 2 heterocycles. The highest BCUT2D eigenvalue weighted by atomic mass is 35.5. The molecule has 1 aliphatic rings. The fourth-order valence-electron chi connectivity index (χ4n) is 3.46. The summed E-state index contributed by atoms with van der Waals surface area (Å²) >= 11 is 7.33. The Morgan fingerprint density at radius 1 is 1.21 bits per heavy atom. The van der Waals surface area contributed by atoms with Crippen molar-refractivity contribution in [2.45, 2.75) is 25.1 Å². The summed E-state index contributed by atoms with van der Waals surface area (Å²) in [5.74, 6) is -0.190. The lowest BCUT2D eigenvalue weighted by Gasteiger charge is -2.19. The second-order valence-corrected chi connectivity index (χ2v) is 9.13. The van der Waals surface area contributed by atoms with Crippen molar-refractivity contribution in [3.8, 4) is 6.07 Å². The Morgan fingerprint density at radius 2 is 2.00 bits per heavy atom. The molecular weight excluding hydrogens is 458 g/mol. The molecule has 6 nitrogen and oxygen atoms in total. The number of carbonyl (C=O) groups is 2. The number of benzene rings is 2. The second kappa shape index (κ2) is 9.99. The van der Waals surface area contributed by atoms with Gasteiger partial charge in [0.05, 0.1) is 18.1 Å². The SMILES string of the molecule is Cc1ccc(N2C(=O)C(Cc3cccc(Cl)c3)S/C2=C(/C#N)C(=O)NCc2ccco2)cc1. The van der Waals surface area contributed by atoms with E-state index in [1.165, 1.54) is 22.9 Å². The zero-order valence-electron chi connectivity index (χ0n) is 17.7. The first-order chi connectivity index (χ1) is 16.0. The van der Waals surface area contributed by atoms with Gasteiger partial charge in [-0.3, -0.25) is 14.5 Å². The summed E-state index contributed by atoms with van der Waals surface area (Å²) < 4.78 is 5.24. The fourth-order valence-corrected chi connectivity index (χ4v) is 4.98. The molecule has 1 aromatic heterocycles. The molecular formula is C25H20ClN3O3S. The number of thioether (sulfide) groups is 1. The van der Waals surface area contributed by atoms with Crippen LogP contribution in [0.3, 0.4) is 0 Å². The number of nitrogens with zero attached hydrogens (tertiary/aromatic N) is 2. The molecule has 1 aliphatic heterocycles. The van der Waals surface area contributed by atoms with Gasteiger partial charge in [-0.15, -0.1) is 0 Å². The number of hydrogen-bond acceptors (Lipinski definition) is 5. The predicted octanol–water partition coefficient (Wildman–Crippen LogP) is 4.98. The summed E-state index contributed by atoms with van der Waals surface area (Å²) in [7, 11) is 0. The highest BCUT2D eigenvalue weighted by molar-refractivity contribution is 8.05. The van der Waals surface area contributed by atoms with Crippen LogP contribution >= 0.6 is 23.4 Å². The van der Waals surface area contributed by atoms with E-state index >= 15 is 0 Å². The summed E-state index contributed by atoms with van der Waals surface area (Å²) in [6.07, 6.45) is 1.93. The van der Waals surface area contributed by atoms with Crippen LogP contribution in [0.1, 0.15) is 16.9 Å². The second-order valence-electron chi connectivity index (χ2n) is 7.50. The quantitative estimate of drug-likeness (QED) is 0.399. The van der Waals surface area contributed by atoms with Crippen LogP contribution in [-0.4, -0.2) is 17.1 Å². The normalized spacial score (nSPS) is 17.1. The third-order valence-electron chi connectivity index (χ3n) is 5.11. The predicted molar refractivity (Wildman–Crippen MR) is 128 cm³/mol. The number of halogens is 1. The Balaban J connectivity index is 1.68. The van der Waals surface area contributed by atoms with E-state index in [0.29, 0.717) is 27.9 Å². The molecule has 0 saturated carbocycles. The van der Waals surface area contributed by atoms with Crippen LogP contribution in [0.5, 0.6) is 0 Å². The van der Waals surface area contributed by atoms with Crippen molar-refractivity contribution in [1.82, 2.24) is 5.32 Å². The standard InChI is InChI=1S/C25H20ClN3O3S/c1-16-7-9-19(10-8-16)29-24(31)22(13-17-4-2-5-18(26)12-17)33-25(29)21(14-27)23(30)28-15-20-6-3-11-32-20/h2-12,22H,13,15H2,1H3,(H,28,30)/b25-21-. The number of aryl methyl sites for hydroxylation is 1. The van der Waals surface area contributed by atoms with Crippen molar-refractivity contribution in [2.75, 3.05) is 4.90 Å². The van der Waals surface area contributed by atoms with E-state index in [1.807, 2.05) is 55.5 Å². The van der Waals surface area contributed by atoms with Crippen LogP contribution in [-0.2, 0) is 22.6 Å². The summed E-state index contributed by atoms with van der Waals surface area (Å²) in [4.78, 5) is 27.8. The molecule has 33 heavy (non-hydrogen) atoms. The Hall–Kier alpha value is -3.47. The average molecular weight is 478 g/mol. The number of nitrogens with one attached hydrogen (secondary N) is 1. The van der Waals surface area contributed by atoms with Gasteiger partial charge >= 0.3 is 0 Å². The Labute approximate surface area is 200 Å². The molecule has 0 bridgehead atoms. The molecule has 3 aromatic rings. The van der Waals surface area contributed by atoms with Crippen molar-refractivity contribution in [3.63, 3.8) is 0 Å². The zero-order valence-corrected chi connectivity index (χ0v) is 19.3. The van der Waals surface area contributed by atoms with Gasteiger partial charge in [0.25, 0.3) is 5.91 Å². The molecule has 0 radical (unpaired) electrons. The van der Waals surface area contributed by atoms with Crippen molar-refractivity contribution in [1.29, 1.82) is 5.26 Å². The fraction of sp³-hybridized carbons (Fsp3) is 0.160. The third-order valence-corrected chi connectivity index (χ3v) is 6.61. The van der Waals surface area contributed by atoms with E-state index < -0.39 is 11.2 Å². The molecule has 2 amide bonds. The topological polar surface area (TPSA) is 86.3 Å². The number of anilines is 1. The van der Waals surface area contributed by atoms with Gasteiger partial charge in [0, 0.05) is 10.7 Å². The van der Waals surface area contributed by atoms with Gasteiger partial charge < -0.3 is 9.73 Å². The summed E-state index contributed by atoms with van der Waals surface area (Å²) in [5.41, 5.74) is 2.43. The monoisotopic (exact) mass is 477 g/mol. The van der Waals surface area contributed by atoms with Crippen LogP contribution in [0.4, 0.5) is 5.69 Å². The molecule has 0 spiro atoms. The van der Waals surface area contributed by atoms with Crippen LogP contribution in [0.15, 0.2) is 81.9 Å². The lowest BCUT2D eigenvalue weighted by Crippen LogP contribution is -2.32. The molecule has 1 N–H and O–H groups in total. The van der Waals surface area contributed by atoms with Crippen LogP contribution in [0.2, 0.25) is 5.02 Å². The van der Waals surface area contributed by atoms with Crippen molar-refractivity contribution in [3.05, 3.63) is 99.4 Å². The van der Waals surface area contributed by atoms with Crippen molar-refractivity contribution < 1.29 is 14.0 Å². The van der Waals surface area contributed by atoms with E-state index in [-0.39, 0.29) is 18.0 Å². The lowest BCUT2D eigenvalue weighted by atomic mass is 10.1. The zero-order chi connectivity index (χ0) is 23.4. The van der Waals surface area contributed by atoms with Gasteiger partial charge in [-0.2, -0.15) is 5.26 Å². The highest BCUT2D eigenvalue weighted by Crippen LogP contribution is 2.42. The molecule has 1 atom stereocenters. The maximum absolute atomic E-state index is 13.5. The van der Waals surface area contributed by atoms with E-state index in [0.717, 1.165) is 11.1 Å². The lowest BCUT2D eigenvalue weighted by molar-refractivity contribution is -0.117. The molecule has 1 saturated heterocycles. The first-order valence-corrected chi connectivity index (χ1v) is 11.5. The summed E-state index contributed by atoms with van der Waals surface area (Å²) in [6.45, 7) is 2.09. The Kier molecular flexibility index (Phi) is 6.87. The smallest absolute Gasteiger partial charge is 0.265 e. The minimum atomic E-state index is -0.565. The van der Waals surface area contributed by atoms with Gasteiger partial charge in [-0.1, -0.05) is 53.2 Å².